The third-order valence-electron chi connectivity index (χ3n) is 2.60. The molecule has 4 heteroatoms. The van der Waals surface area contributed by atoms with Crippen molar-refractivity contribution < 1.29 is 14.4 Å². The zero-order valence-electron chi connectivity index (χ0n) is 11.2. The smallest absolute Gasteiger partial charge is 0.436 e. The number of benzene rings is 1. The van der Waals surface area contributed by atoms with Crippen molar-refractivity contribution in [3.05, 3.63) is 48.6 Å². The highest BCUT2D eigenvalue weighted by molar-refractivity contribution is 5.84. The van der Waals surface area contributed by atoms with E-state index >= 15 is 0 Å². The van der Waals surface area contributed by atoms with Gasteiger partial charge in [0.1, 0.15) is 0 Å². The van der Waals surface area contributed by atoms with E-state index in [0.717, 1.165) is 31.4 Å². The molecule has 0 atom stereocenters. The second-order valence-electron chi connectivity index (χ2n) is 4.02. The monoisotopic (exact) mass is 261 g/mol. The number of ether oxygens (including phenoxy) is 1. The number of allylic oxidation sites excluding steroid dienone is 1. The van der Waals surface area contributed by atoms with Crippen LogP contribution in [0.2, 0.25) is 0 Å². The lowest BCUT2D eigenvalue weighted by atomic mass is 10.0. The van der Waals surface area contributed by atoms with E-state index in [2.05, 4.69) is 33.4 Å². The normalized spacial score (nSPS) is 10.9. The molecule has 0 unspecified atom stereocenters. The summed E-state index contributed by atoms with van der Waals surface area (Å²) in [5.74, 6) is 0. The van der Waals surface area contributed by atoms with Crippen molar-refractivity contribution in [1.82, 2.24) is 0 Å². The molecule has 0 amide bonds. The van der Waals surface area contributed by atoms with Crippen molar-refractivity contribution in [1.29, 1.82) is 0 Å². The lowest BCUT2D eigenvalue weighted by Gasteiger charge is -2.05. The minimum Gasteiger partial charge on any atom is -0.436 e. The van der Waals surface area contributed by atoms with Crippen LogP contribution in [-0.2, 0) is 16.0 Å². The van der Waals surface area contributed by atoms with E-state index in [1.807, 2.05) is 24.3 Å². The third kappa shape index (κ3) is 6.41. The Hall–Kier alpha value is -2.10. The molecule has 19 heavy (non-hydrogen) atoms. The zero-order valence-corrected chi connectivity index (χ0v) is 11.2. The van der Waals surface area contributed by atoms with Gasteiger partial charge in [-0.15, -0.1) is 6.58 Å². The first-order valence-corrected chi connectivity index (χ1v) is 6.21. The highest BCUT2D eigenvalue weighted by atomic mass is 16.8. The molecule has 0 aliphatic carbocycles. The van der Waals surface area contributed by atoms with Crippen molar-refractivity contribution in [2.75, 3.05) is 7.11 Å². The SMILES string of the molecule is C=CCC/C(CCc1ccccc1)=N/OC(=O)OC. The summed E-state index contributed by atoms with van der Waals surface area (Å²) in [4.78, 5) is 15.5. The largest absolute Gasteiger partial charge is 0.534 e. The number of methoxy groups -OCH3 is 1. The number of hydrogen-bond donors (Lipinski definition) is 0. The second kappa shape index (κ2) is 8.91. The van der Waals surface area contributed by atoms with Crippen molar-refractivity contribution >= 4 is 11.9 Å². The molecule has 0 fully saturated rings. The van der Waals surface area contributed by atoms with Gasteiger partial charge >= 0.3 is 6.16 Å². The first kappa shape index (κ1) is 15.0. The Labute approximate surface area is 113 Å². The summed E-state index contributed by atoms with van der Waals surface area (Å²) < 4.78 is 4.38. The lowest BCUT2D eigenvalue weighted by Crippen LogP contribution is -2.05. The van der Waals surface area contributed by atoms with Crippen molar-refractivity contribution in [3.63, 3.8) is 0 Å². The molecule has 1 aromatic rings. The second-order valence-corrected chi connectivity index (χ2v) is 4.02. The van der Waals surface area contributed by atoms with E-state index in [9.17, 15) is 4.79 Å². The van der Waals surface area contributed by atoms with Crippen molar-refractivity contribution in [2.24, 2.45) is 5.16 Å². The van der Waals surface area contributed by atoms with Crippen LogP contribution in [-0.4, -0.2) is 19.0 Å². The number of carbonyl (C=O) groups excluding carboxylic acids is 1. The van der Waals surface area contributed by atoms with Crippen LogP contribution in [0.15, 0.2) is 48.1 Å². The van der Waals surface area contributed by atoms with Crippen LogP contribution in [0.1, 0.15) is 24.8 Å². The standard InChI is InChI=1S/C15H19NO3/c1-3-4-10-14(16-19-15(17)18-2)12-11-13-8-6-5-7-9-13/h3,5-9H,1,4,10-12H2,2H3/b16-14-. The summed E-state index contributed by atoms with van der Waals surface area (Å²) in [6.07, 6.45) is 4.16. The van der Waals surface area contributed by atoms with Gasteiger partial charge in [0, 0.05) is 0 Å². The summed E-state index contributed by atoms with van der Waals surface area (Å²) in [6.45, 7) is 3.67. The molecule has 0 heterocycles. The fraction of sp³-hybridized carbons (Fsp3) is 0.333. The van der Waals surface area contributed by atoms with Gasteiger partial charge < -0.3 is 4.74 Å². The third-order valence-corrected chi connectivity index (χ3v) is 2.60. The maximum Gasteiger partial charge on any atom is 0.534 e. The van der Waals surface area contributed by atoms with Crippen molar-refractivity contribution in [2.45, 2.75) is 25.7 Å². The molecule has 0 radical (unpaired) electrons. The van der Waals surface area contributed by atoms with Crippen LogP contribution >= 0.6 is 0 Å². The molecule has 0 aliphatic rings. The molecule has 0 saturated heterocycles. The van der Waals surface area contributed by atoms with Gasteiger partial charge in [0.25, 0.3) is 0 Å². The van der Waals surface area contributed by atoms with Gasteiger partial charge in [0.2, 0.25) is 0 Å². The summed E-state index contributed by atoms with van der Waals surface area (Å²) >= 11 is 0. The quantitative estimate of drug-likeness (QED) is 0.247. The van der Waals surface area contributed by atoms with Gasteiger partial charge in [-0.1, -0.05) is 41.6 Å². The number of hydrogen-bond acceptors (Lipinski definition) is 4. The molecular weight excluding hydrogens is 242 g/mol. The molecule has 102 valence electrons. The predicted molar refractivity (Wildman–Crippen MR) is 75.1 cm³/mol. The molecule has 0 N–H and O–H groups in total. The Morgan fingerprint density at radius 3 is 2.68 bits per heavy atom. The maximum atomic E-state index is 10.9. The molecular formula is C15H19NO3. The highest BCUT2D eigenvalue weighted by Gasteiger charge is 2.04. The van der Waals surface area contributed by atoms with Crippen LogP contribution in [0.4, 0.5) is 4.79 Å². The van der Waals surface area contributed by atoms with E-state index in [4.69, 9.17) is 0 Å². The highest BCUT2D eigenvalue weighted by Crippen LogP contribution is 2.07. The summed E-state index contributed by atoms with van der Waals surface area (Å²) in [6, 6.07) is 10.1. The van der Waals surface area contributed by atoms with Gasteiger partial charge in [0.05, 0.1) is 12.8 Å². The Balaban J connectivity index is 2.53. The minimum atomic E-state index is -0.796. The number of nitrogens with zero attached hydrogens (tertiary/aromatic N) is 1. The fourth-order valence-corrected chi connectivity index (χ4v) is 1.56. The van der Waals surface area contributed by atoms with Crippen LogP contribution in [0.25, 0.3) is 0 Å². The Bertz CT molecular complexity index is 426. The molecule has 1 rings (SSSR count). The molecule has 0 bridgehead atoms. The average Bonchev–Trinajstić information content (AvgIpc) is 2.47. The van der Waals surface area contributed by atoms with E-state index < -0.39 is 6.16 Å². The van der Waals surface area contributed by atoms with Crippen LogP contribution in [0.3, 0.4) is 0 Å². The number of oxime groups is 1. The Morgan fingerprint density at radius 2 is 2.05 bits per heavy atom. The summed E-state index contributed by atoms with van der Waals surface area (Å²) in [7, 11) is 1.26. The van der Waals surface area contributed by atoms with Crippen LogP contribution in [0, 0.1) is 0 Å². The van der Waals surface area contributed by atoms with Crippen LogP contribution in [0.5, 0.6) is 0 Å². The fourth-order valence-electron chi connectivity index (χ4n) is 1.56. The number of aryl methyl sites for hydroxylation is 1. The van der Waals surface area contributed by atoms with Gasteiger partial charge in [-0.25, -0.2) is 4.79 Å². The molecule has 0 saturated carbocycles. The van der Waals surface area contributed by atoms with Gasteiger partial charge in [-0.05, 0) is 31.2 Å². The first-order chi connectivity index (χ1) is 9.26. The lowest BCUT2D eigenvalue weighted by molar-refractivity contribution is 0.0749. The molecule has 1 aromatic carbocycles. The molecule has 0 aliphatic heterocycles. The number of carbonyl (C=O) groups is 1. The molecule has 0 aromatic heterocycles. The zero-order chi connectivity index (χ0) is 13.9. The number of rotatable bonds is 7. The first-order valence-electron chi connectivity index (χ1n) is 6.21. The van der Waals surface area contributed by atoms with Crippen LogP contribution < -0.4 is 0 Å². The van der Waals surface area contributed by atoms with Crippen molar-refractivity contribution in [3.8, 4) is 0 Å². The van der Waals surface area contributed by atoms with Gasteiger partial charge in [0.15, 0.2) is 0 Å². The van der Waals surface area contributed by atoms with Gasteiger partial charge in [-0.2, -0.15) is 0 Å². The maximum absolute atomic E-state index is 10.9. The summed E-state index contributed by atoms with van der Waals surface area (Å²) in [5, 5.41) is 3.84. The Morgan fingerprint density at radius 1 is 1.32 bits per heavy atom. The van der Waals surface area contributed by atoms with E-state index in [-0.39, 0.29) is 0 Å². The minimum absolute atomic E-state index is 0.729. The Kier molecular flexibility index (Phi) is 7.02. The topological polar surface area (TPSA) is 47.9 Å². The molecule has 4 nitrogen and oxygen atoms in total. The molecule has 0 spiro atoms. The van der Waals surface area contributed by atoms with E-state index in [0.29, 0.717) is 0 Å². The van der Waals surface area contributed by atoms with E-state index in [1.54, 1.807) is 0 Å². The average molecular weight is 261 g/mol. The van der Waals surface area contributed by atoms with Gasteiger partial charge in [-0.3, -0.25) is 4.84 Å². The van der Waals surface area contributed by atoms with E-state index in [1.165, 1.54) is 12.7 Å². The predicted octanol–water partition coefficient (Wildman–Crippen LogP) is 3.72. The summed E-state index contributed by atoms with van der Waals surface area (Å²) in [5.41, 5.74) is 2.06.